The van der Waals surface area contributed by atoms with Crippen LogP contribution in [0.25, 0.3) is 0 Å². The van der Waals surface area contributed by atoms with Crippen LogP contribution in [0.1, 0.15) is 22.7 Å². The Morgan fingerprint density at radius 2 is 1.68 bits per heavy atom. The Labute approximate surface area is 122 Å². The van der Waals surface area contributed by atoms with E-state index in [1.807, 2.05) is 6.07 Å². The lowest BCUT2D eigenvalue weighted by Crippen LogP contribution is -2.18. The van der Waals surface area contributed by atoms with Crippen molar-refractivity contribution in [3.8, 4) is 0 Å². The normalized spacial score (nSPS) is 13.3. The zero-order chi connectivity index (χ0) is 14.0. The maximum absolute atomic E-state index is 12.9. The minimum atomic E-state index is -4.39. The molecule has 0 spiro atoms. The van der Waals surface area contributed by atoms with Gasteiger partial charge in [-0.25, -0.2) is 0 Å². The molecule has 0 radical (unpaired) electrons. The van der Waals surface area contributed by atoms with Gasteiger partial charge >= 0.3 is 6.18 Å². The fourth-order valence-corrected chi connectivity index (χ4v) is 2.47. The average molecular weight is 377 g/mol. The first kappa shape index (κ1) is 14.3. The van der Waals surface area contributed by atoms with Crippen molar-refractivity contribution in [1.82, 2.24) is 0 Å². The summed E-state index contributed by atoms with van der Waals surface area (Å²) in [6.45, 7) is 0. The zero-order valence-electron chi connectivity index (χ0n) is 9.79. The van der Waals surface area contributed by atoms with Crippen molar-refractivity contribution in [2.75, 3.05) is 0 Å². The topological polar surface area (TPSA) is 26.0 Å². The molecule has 0 aliphatic heterocycles. The highest BCUT2D eigenvalue weighted by Gasteiger charge is 2.34. The molecule has 0 aliphatic rings. The van der Waals surface area contributed by atoms with Crippen molar-refractivity contribution < 1.29 is 13.2 Å². The summed E-state index contributed by atoms with van der Waals surface area (Å²) >= 11 is 2.11. The maximum Gasteiger partial charge on any atom is 0.416 e. The maximum atomic E-state index is 12.9. The third kappa shape index (κ3) is 3.27. The van der Waals surface area contributed by atoms with E-state index in [1.165, 1.54) is 12.1 Å². The summed E-state index contributed by atoms with van der Waals surface area (Å²) in [6.07, 6.45) is -4.39. The zero-order valence-corrected chi connectivity index (χ0v) is 11.9. The van der Waals surface area contributed by atoms with E-state index in [-0.39, 0.29) is 5.56 Å². The second-order valence-corrected chi connectivity index (χ2v) is 5.36. The summed E-state index contributed by atoms with van der Waals surface area (Å²) in [7, 11) is 0. The third-order valence-electron chi connectivity index (χ3n) is 2.81. The quantitative estimate of drug-likeness (QED) is 0.774. The summed E-state index contributed by atoms with van der Waals surface area (Å²) in [5.74, 6) is 0. The minimum Gasteiger partial charge on any atom is -0.320 e. The smallest absolute Gasteiger partial charge is 0.320 e. The number of rotatable bonds is 2. The van der Waals surface area contributed by atoms with Gasteiger partial charge in [0.25, 0.3) is 0 Å². The number of hydrogen-bond acceptors (Lipinski definition) is 1. The molecule has 0 bridgehead atoms. The van der Waals surface area contributed by atoms with Gasteiger partial charge in [-0.15, -0.1) is 0 Å². The van der Waals surface area contributed by atoms with Crippen molar-refractivity contribution in [1.29, 1.82) is 0 Å². The second kappa shape index (κ2) is 5.50. The van der Waals surface area contributed by atoms with Crippen LogP contribution < -0.4 is 5.73 Å². The van der Waals surface area contributed by atoms with Crippen molar-refractivity contribution >= 4 is 22.6 Å². The summed E-state index contributed by atoms with van der Waals surface area (Å²) in [5.41, 5.74) is 6.06. The van der Waals surface area contributed by atoms with Crippen LogP contribution in [0.2, 0.25) is 0 Å². The summed E-state index contributed by atoms with van der Waals surface area (Å²) in [4.78, 5) is 0. The van der Waals surface area contributed by atoms with E-state index < -0.39 is 17.8 Å². The van der Waals surface area contributed by atoms with Crippen LogP contribution in [0.4, 0.5) is 13.2 Å². The molecule has 1 atom stereocenters. The fourth-order valence-electron chi connectivity index (χ4n) is 1.91. The molecule has 0 amide bonds. The van der Waals surface area contributed by atoms with Crippen LogP contribution in [0.15, 0.2) is 48.5 Å². The van der Waals surface area contributed by atoms with Gasteiger partial charge in [0.2, 0.25) is 0 Å². The van der Waals surface area contributed by atoms with Crippen LogP contribution in [-0.2, 0) is 6.18 Å². The van der Waals surface area contributed by atoms with Gasteiger partial charge in [-0.05, 0) is 51.9 Å². The van der Waals surface area contributed by atoms with Crippen molar-refractivity contribution in [3.63, 3.8) is 0 Å². The van der Waals surface area contributed by atoms with Crippen LogP contribution in [0.5, 0.6) is 0 Å². The molecule has 2 rings (SSSR count). The van der Waals surface area contributed by atoms with E-state index >= 15 is 0 Å². The van der Waals surface area contributed by atoms with Crippen LogP contribution in [0.3, 0.4) is 0 Å². The van der Waals surface area contributed by atoms with E-state index in [0.29, 0.717) is 5.56 Å². The van der Waals surface area contributed by atoms with Gasteiger partial charge in [-0.1, -0.05) is 30.3 Å². The number of benzene rings is 2. The minimum absolute atomic E-state index is 0.0944. The molecule has 5 heteroatoms. The predicted octanol–water partition coefficient (Wildman–Crippen LogP) is 4.36. The molecule has 19 heavy (non-hydrogen) atoms. The Morgan fingerprint density at radius 1 is 1.00 bits per heavy atom. The van der Waals surface area contributed by atoms with E-state index in [2.05, 4.69) is 22.6 Å². The third-order valence-corrected chi connectivity index (χ3v) is 3.48. The fraction of sp³-hybridized carbons (Fsp3) is 0.143. The van der Waals surface area contributed by atoms with Gasteiger partial charge in [0.05, 0.1) is 11.6 Å². The Hall–Kier alpha value is -1.08. The highest BCUT2D eigenvalue weighted by atomic mass is 127. The van der Waals surface area contributed by atoms with E-state index in [0.717, 1.165) is 9.64 Å². The van der Waals surface area contributed by atoms with Gasteiger partial charge in [0.1, 0.15) is 0 Å². The van der Waals surface area contributed by atoms with Gasteiger partial charge < -0.3 is 5.73 Å². The lowest BCUT2D eigenvalue weighted by molar-refractivity contribution is -0.138. The molecule has 0 aliphatic carbocycles. The molecule has 2 aromatic rings. The summed E-state index contributed by atoms with van der Waals surface area (Å²) in [5, 5.41) is 0. The predicted molar refractivity (Wildman–Crippen MR) is 76.6 cm³/mol. The molecule has 2 N–H and O–H groups in total. The lowest BCUT2D eigenvalue weighted by Gasteiger charge is -2.18. The van der Waals surface area contributed by atoms with Crippen LogP contribution in [0, 0.1) is 3.57 Å². The van der Waals surface area contributed by atoms with Gasteiger partial charge in [0.15, 0.2) is 0 Å². The Morgan fingerprint density at radius 3 is 2.32 bits per heavy atom. The monoisotopic (exact) mass is 377 g/mol. The molecular formula is C14H11F3IN. The number of alkyl halides is 3. The Kier molecular flexibility index (Phi) is 4.15. The lowest BCUT2D eigenvalue weighted by atomic mass is 9.95. The molecule has 2 aromatic carbocycles. The highest BCUT2D eigenvalue weighted by Crippen LogP contribution is 2.35. The molecule has 0 saturated carbocycles. The number of halogens is 4. The van der Waals surface area contributed by atoms with Gasteiger partial charge in [-0.2, -0.15) is 13.2 Å². The standard InChI is InChI=1S/C14H11F3IN/c15-14(16,17)12-7-2-1-6-11(12)13(19)9-4-3-5-10(18)8-9/h1-8,13H,19H2. The van der Waals surface area contributed by atoms with Gasteiger partial charge in [0, 0.05) is 3.57 Å². The van der Waals surface area contributed by atoms with Crippen molar-refractivity contribution in [3.05, 3.63) is 68.8 Å². The second-order valence-electron chi connectivity index (χ2n) is 4.12. The molecule has 1 unspecified atom stereocenters. The molecule has 0 aromatic heterocycles. The molecule has 0 fully saturated rings. The SMILES string of the molecule is NC(c1cccc(I)c1)c1ccccc1C(F)(F)F. The molecule has 100 valence electrons. The summed E-state index contributed by atoms with van der Waals surface area (Å²) < 4.78 is 39.8. The van der Waals surface area contributed by atoms with E-state index in [4.69, 9.17) is 5.73 Å². The largest absolute Gasteiger partial charge is 0.416 e. The van der Waals surface area contributed by atoms with E-state index in [1.54, 1.807) is 24.3 Å². The van der Waals surface area contributed by atoms with Crippen molar-refractivity contribution in [2.24, 2.45) is 5.73 Å². The van der Waals surface area contributed by atoms with E-state index in [9.17, 15) is 13.2 Å². The number of hydrogen-bond donors (Lipinski definition) is 1. The highest BCUT2D eigenvalue weighted by molar-refractivity contribution is 14.1. The first-order chi connectivity index (χ1) is 8.89. The molecule has 0 saturated heterocycles. The van der Waals surface area contributed by atoms with Crippen LogP contribution >= 0.6 is 22.6 Å². The molecular weight excluding hydrogens is 366 g/mol. The Bertz CT molecular complexity index is 581. The first-order valence-electron chi connectivity index (χ1n) is 5.57. The van der Waals surface area contributed by atoms with Crippen molar-refractivity contribution in [2.45, 2.75) is 12.2 Å². The first-order valence-corrected chi connectivity index (χ1v) is 6.64. The summed E-state index contributed by atoms with van der Waals surface area (Å²) in [6, 6.07) is 11.8. The average Bonchev–Trinajstić information content (AvgIpc) is 2.37. The van der Waals surface area contributed by atoms with Gasteiger partial charge in [-0.3, -0.25) is 0 Å². The van der Waals surface area contributed by atoms with Crippen LogP contribution in [-0.4, -0.2) is 0 Å². The Balaban J connectivity index is 2.48. The molecule has 1 nitrogen and oxygen atoms in total. The molecule has 0 heterocycles. The number of nitrogens with two attached hydrogens (primary N) is 1.